The number of likely N-dealkylation sites (N-methyl/N-ethyl adjacent to an activating group) is 2. The van der Waals surface area contributed by atoms with Crippen molar-refractivity contribution in [1.29, 1.82) is 0 Å². The minimum Gasteiger partial charge on any atom is -0.375 e. The van der Waals surface area contributed by atoms with Crippen LogP contribution >= 0.6 is 11.3 Å². The summed E-state index contributed by atoms with van der Waals surface area (Å²) in [6, 6.07) is 0.291. The van der Waals surface area contributed by atoms with Crippen LogP contribution < -0.4 is 5.73 Å². The van der Waals surface area contributed by atoms with Gasteiger partial charge in [0.25, 0.3) is 5.91 Å². The van der Waals surface area contributed by atoms with Crippen LogP contribution in [0.3, 0.4) is 0 Å². The number of nitrogens with zero attached hydrogens (tertiary/aromatic N) is 3. The number of hydrogen-bond donors (Lipinski definition) is 1. The fourth-order valence-electron chi connectivity index (χ4n) is 2.40. The van der Waals surface area contributed by atoms with Crippen LogP contribution in [0.4, 0.5) is 5.13 Å². The molecule has 0 aromatic carbocycles. The average Bonchev–Trinajstić information content (AvgIpc) is 2.66. The molecule has 2 rings (SSSR count). The molecule has 1 fully saturated rings. The molecule has 6 heteroatoms. The number of rotatable bonds is 2. The second-order valence-corrected chi connectivity index (χ2v) is 5.97. The summed E-state index contributed by atoms with van der Waals surface area (Å²) >= 11 is 1.28. The second kappa shape index (κ2) is 5.24. The van der Waals surface area contributed by atoms with Gasteiger partial charge in [-0.15, -0.1) is 0 Å². The molecule has 0 radical (unpaired) electrons. The number of anilines is 1. The van der Waals surface area contributed by atoms with E-state index >= 15 is 0 Å². The van der Waals surface area contributed by atoms with Crippen molar-refractivity contribution < 1.29 is 4.79 Å². The van der Waals surface area contributed by atoms with Crippen LogP contribution in [0, 0.1) is 6.92 Å². The van der Waals surface area contributed by atoms with Gasteiger partial charge in [-0.25, -0.2) is 4.98 Å². The summed E-state index contributed by atoms with van der Waals surface area (Å²) in [5.74, 6) is 0.0435. The molecule has 0 bridgehead atoms. The fraction of sp³-hybridized carbons (Fsp3) is 0.667. The van der Waals surface area contributed by atoms with E-state index in [2.05, 4.69) is 16.9 Å². The lowest BCUT2D eigenvalue weighted by Crippen LogP contribution is -2.47. The minimum absolute atomic E-state index is 0.0435. The van der Waals surface area contributed by atoms with Gasteiger partial charge >= 0.3 is 0 Å². The molecule has 1 amide bonds. The zero-order chi connectivity index (χ0) is 13.3. The molecule has 0 saturated carbocycles. The minimum atomic E-state index is 0.0435. The Balaban J connectivity index is 2.11. The number of nitrogen functional groups attached to an aromatic ring is 1. The molecule has 1 aromatic rings. The first-order valence-electron chi connectivity index (χ1n) is 6.17. The Kier molecular flexibility index (Phi) is 3.87. The standard InChI is InChI=1S/C12H20N4OS/c1-8-10(18-12(13)14-8)11(17)16(3)9-5-4-6-15(2)7-9/h9H,4-7H2,1-3H3,(H2,13,14). The highest BCUT2D eigenvalue weighted by molar-refractivity contribution is 7.17. The highest BCUT2D eigenvalue weighted by Crippen LogP contribution is 2.23. The number of piperidine rings is 1. The van der Waals surface area contributed by atoms with Crippen molar-refractivity contribution in [2.24, 2.45) is 0 Å². The average molecular weight is 268 g/mol. The summed E-state index contributed by atoms with van der Waals surface area (Å²) in [6.45, 7) is 3.89. The van der Waals surface area contributed by atoms with Crippen LogP contribution in [0.25, 0.3) is 0 Å². The molecule has 1 unspecified atom stereocenters. The number of aryl methyl sites for hydroxylation is 1. The monoisotopic (exact) mass is 268 g/mol. The van der Waals surface area contributed by atoms with Crippen molar-refractivity contribution in [3.63, 3.8) is 0 Å². The van der Waals surface area contributed by atoms with Gasteiger partial charge in [0.15, 0.2) is 5.13 Å². The van der Waals surface area contributed by atoms with Crippen LogP contribution in [0.15, 0.2) is 0 Å². The molecule has 1 atom stereocenters. The van der Waals surface area contributed by atoms with E-state index in [1.54, 1.807) is 0 Å². The summed E-state index contributed by atoms with van der Waals surface area (Å²) < 4.78 is 0. The molecule has 0 spiro atoms. The Labute approximate surface area is 112 Å². The highest BCUT2D eigenvalue weighted by Gasteiger charge is 2.27. The van der Waals surface area contributed by atoms with Gasteiger partial charge in [-0.05, 0) is 33.4 Å². The molecule has 1 saturated heterocycles. The van der Waals surface area contributed by atoms with Crippen LogP contribution in [0.5, 0.6) is 0 Å². The van der Waals surface area contributed by atoms with Crippen LogP contribution in [-0.4, -0.2) is 53.9 Å². The van der Waals surface area contributed by atoms with Crippen molar-refractivity contribution in [1.82, 2.24) is 14.8 Å². The SMILES string of the molecule is Cc1nc(N)sc1C(=O)N(C)C1CCCN(C)C1. The predicted molar refractivity (Wildman–Crippen MR) is 73.9 cm³/mol. The van der Waals surface area contributed by atoms with E-state index in [4.69, 9.17) is 5.73 Å². The van der Waals surface area contributed by atoms with Gasteiger partial charge in [0, 0.05) is 19.6 Å². The third-order valence-corrected chi connectivity index (χ3v) is 4.45. The molecular weight excluding hydrogens is 248 g/mol. The van der Waals surface area contributed by atoms with Gasteiger partial charge in [-0.3, -0.25) is 4.79 Å². The van der Waals surface area contributed by atoms with E-state index in [9.17, 15) is 4.79 Å². The Morgan fingerprint density at radius 3 is 2.89 bits per heavy atom. The second-order valence-electron chi connectivity index (χ2n) is 4.94. The summed E-state index contributed by atoms with van der Waals surface area (Å²) in [5, 5.41) is 0.463. The van der Waals surface area contributed by atoms with Gasteiger partial charge in [0.2, 0.25) is 0 Å². The van der Waals surface area contributed by atoms with E-state index in [1.807, 2.05) is 18.9 Å². The van der Waals surface area contributed by atoms with E-state index in [0.717, 1.165) is 31.6 Å². The summed E-state index contributed by atoms with van der Waals surface area (Å²) in [5.41, 5.74) is 6.38. The maximum atomic E-state index is 12.4. The van der Waals surface area contributed by atoms with Gasteiger partial charge in [0.05, 0.1) is 5.69 Å². The summed E-state index contributed by atoms with van der Waals surface area (Å²) in [7, 11) is 3.97. The summed E-state index contributed by atoms with van der Waals surface area (Å²) in [4.78, 5) is 21.3. The molecule has 5 nitrogen and oxygen atoms in total. The first kappa shape index (κ1) is 13.3. The Hall–Kier alpha value is -1.14. The highest BCUT2D eigenvalue weighted by atomic mass is 32.1. The van der Waals surface area contributed by atoms with E-state index in [-0.39, 0.29) is 5.91 Å². The lowest BCUT2D eigenvalue weighted by atomic mass is 10.0. The number of thiazole rings is 1. The number of carbonyl (C=O) groups is 1. The number of nitrogens with two attached hydrogens (primary N) is 1. The van der Waals surface area contributed by atoms with Gasteiger partial charge < -0.3 is 15.5 Å². The Morgan fingerprint density at radius 2 is 2.33 bits per heavy atom. The predicted octanol–water partition coefficient (Wildman–Crippen LogP) is 1.20. The van der Waals surface area contributed by atoms with Crippen LogP contribution in [0.1, 0.15) is 28.2 Å². The molecular formula is C12H20N4OS. The molecule has 2 N–H and O–H groups in total. The van der Waals surface area contributed by atoms with Gasteiger partial charge in [0.1, 0.15) is 4.88 Å². The Morgan fingerprint density at radius 1 is 1.61 bits per heavy atom. The van der Waals surface area contributed by atoms with Gasteiger partial charge in [-0.1, -0.05) is 11.3 Å². The number of aromatic nitrogens is 1. The molecule has 1 aromatic heterocycles. The number of carbonyl (C=O) groups excluding carboxylic acids is 1. The number of hydrogen-bond acceptors (Lipinski definition) is 5. The lowest BCUT2D eigenvalue weighted by Gasteiger charge is -2.35. The topological polar surface area (TPSA) is 62.5 Å². The molecule has 0 aliphatic carbocycles. The van der Waals surface area contributed by atoms with Crippen molar-refractivity contribution in [3.05, 3.63) is 10.6 Å². The molecule has 1 aliphatic heterocycles. The van der Waals surface area contributed by atoms with Crippen LogP contribution in [0.2, 0.25) is 0 Å². The maximum absolute atomic E-state index is 12.4. The van der Waals surface area contributed by atoms with Crippen molar-refractivity contribution >= 4 is 22.4 Å². The molecule has 100 valence electrons. The normalized spacial score (nSPS) is 20.9. The summed E-state index contributed by atoms with van der Waals surface area (Å²) in [6.07, 6.45) is 2.21. The first-order valence-corrected chi connectivity index (χ1v) is 6.99. The number of amides is 1. The fourth-order valence-corrected chi connectivity index (χ4v) is 3.21. The zero-order valence-electron chi connectivity index (χ0n) is 11.1. The molecule has 2 heterocycles. The lowest BCUT2D eigenvalue weighted by molar-refractivity contribution is 0.0648. The first-order chi connectivity index (χ1) is 8.49. The quantitative estimate of drug-likeness (QED) is 0.875. The van der Waals surface area contributed by atoms with E-state index in [1.165, 1.54) is 11.3 Å². The zero-order valence-corrected chi connectivity index (χ0v) is 12.0. The van der Waals surface area contributed by atoms with E-state index < -0.39 is 0 Å². The maximum Gasteiger partial charge on any atom is 0.265 e. The molecule has 18 heavy (non-hydrogen) atoms. The van der Waals surface area contributed by atoms with Crippen molar-refractivity contribution in [2.45, 2.75) is 25.8 Å². The molecule has 1 aliphatic rings. The smallest absolute Gasteiger partial charge is 0.265 e. The third kappa shape index (κ3) is 2.64. The number of likely N-dealkylation sites (tertiary alicyclic amines) is 1. The van der Waals surface area contributed by atoms with Gasteiger partial charge in [-0.2, -0.15) is 0 Å². The van der Waals surface area contributed by atoms with Crippen molar-refractivity contribution in [3.8, 4) is 0 Å². The Bertz CT molecular complexity index is 445. The van der Waals surface area contributed by atoms with Crippen LogP contribution in [-0.2, 0) is 0 Å². The third-order valence-electron chi connectivity index (χ3n) is 3.48. The largest absolute Gasteiger partial charge is 0.375 e. The van der Waals surface area contributed by atoms with Crippen molar-refractivity contribution in [2.75, 3.05) is 32.9 Å². The van der Waals surface area contributed by atoms with E-state index in [0.29, 0.717) is 16.1 Å².